The third kappa shape index (κ3) is 5.03. The van der Waals surface area contributed by atoms with Crippen molar-refractivity contribution in [2.45, 2.75) is 39.0 Å². The zero-order valence-electron chi connectivity index (χ0n) is 19.5. The Labute approximate surface area is 198 Å². The van der Waals surface area contributed by atoms with E-state index >= 15 is 0 Å². The quantitative estimate of drug-likeness (QED) is 0.258. The minimum absolute atomic E-state index is 0.196. The summed E-state index contributed by atoms with van der Waals surface area (Å²) in [5, 5.41) is 13.1. The second-order valence-electron chi connectivity index (χ2n) is 8.08. The number of fused-ring (bicyclic) bond motifs is 1. The predicted molar refractivity (Wildman–Crippen MR) is 133 cm³/mol. The number of ether oxygens (including phenoxy) is 1. The smallest absolute Gasteiger partial charge is 0.303 e. The van der Waals surface area contributed by atoms with Gasteiger partial charge >= 0.3 is 5.97 Å². The first kappa shape index (κ1) is 23.3. The van der Waals surface area contributed by atoms with E-state index in [4.69, 9.17) is 14.3 Å². The molecule has 7 heteroatoms. The summed E-state index contributed by atoms with van der Waals surface area (Å²) in [5.41, 5.74) is 4.67. The highest BCUT2D eigenvalue weighted by Crippen LogP contribution is 2.43. The molecule has 2 aromatic heterocycles. The van der Waals surface area contributed by atoms with Crippen LogP contribution in [0, 0.1) is 0 Å². The van der Waals surface area contributed by atoms with Crippen LogP contribution < -0.4 is 10.1 Å². The van der Waals surface area contributed by atoms with Crippen LogP contribution in [-0.4, -0.2) is 34.7 Å². The highest BCUT2D eigenvalue weighted by atomic mass is 16.5. The zero-order valence-corrected chi connectivity index (χ0v) is 19.5. The van der Waals surface area contributed by atoms with Gasteiger partial charge in [0.1, 0.15) is 23.7 Å². The van der Waals surface area contributed by atoms with Crippen LogP contribution in [0.3, 0.4) is 0 Å². The van der Waals surface area contributed by atoms with Crippen LogP contribution in [0.15, 0.2) is 59.3 Å². The summed E-state index contributed by atoms with van der Waals surface area (Å²) < 4.78 is 11.7. The Balaban J connectivity index is 1.76. The topological polar surface area (TPSA) is 97.5 Å². The van der Waals surface area contributed by atoms with Crippen LogP contribution in [0.1, 0.15) is 38.2 Å². The third-order valence-electron chi connectivity index (χ3n) is 5.87. The number of aromatic nitrogens is 2. The number of aryl methyl sites for hydroxylation is 1. The Kier molecular flexibility index (Phi) is 7.42. The van der Waals surface area contributed by atoms with Crippen LogP contribution in [0.2, 0.25) is 0 Å². The summed E-state index contributed by atoms with van der Waals surface area (Å²) in [4.78, 5) is 19.7. The van der Waals surface area contributed by atoms with E-state index in [1.54, 1.807) is 7.11 Å². The van der Waals surface area contributed by atoms with Crippen molar-refractivity contribution in [3.8, 4) is 28.2 Å². The average Bonchev–Trinajstić information content (AvgIpc) is 3.26. The van der Waals surface area contributed by atoms with E-state index < -0.39 is 5.97 Å². The summed E-state index contributed by atoms with van der Waals surface area (Å²) in [6.07, 6.45) is 4.92. The molecule has 0 unspecified atom stereocenters. The molecule has 176 valence electrons. The van der Waals surface area contributed by atoms with E-state index in [0.29, 0.717) is 24.5 Å². The number of aliphatic carboxylic acids is 1. The highest BCUT2D eigenvalue weighted by Gasteiger charge is 2.23. The SMILES string of the molecule is CCc1ccccc1-c1oc2ncnc(NCCCCCC(=O)O)c2c1-c1ccc(OC)cc1. The lowest BCUT2D eigenvalue weighted by atomic mass is 9.95. The minimum Gasteiger partial charge on any atom is -0.497 e. The van der Waals surface area contributed by atoms with Gasteiger partial charge in [-0.05, 0) is 42.5 Å². The molecule has 4 aromatic rings. The molecule has 2 heterocycles. The molecule has 0 aliphatic rings. The van der Waals surface area contributed by atoms with Gasteiger partial charge in [-0.1, -0.05) is 49.7 Å². The van der Waals surface area contributed by atoms with Crippen molar-refractivity contribution >= 4 is 22.9 Å². The first-order valence-electron chi connectivity index (χ1n) is 11.6. The maximum Gasteiger partial charge on any atom is 0.303 e. The lowest BCUT2D eigenvalue weighted by Crippen LogP contribution is -2.04. The van der Waals surface area contributed by atoms with E-state index in [1.807, 2.05) is 36.4 Å². The Morgan fingerprint density at radius 2 is 1.85 bits per heavy atom. The van der Waals surface area contributed by atoms with Crippen molar-refractivity contribution < 1.29 is 19.1 Å². The van der Waals surface area contributed by atoms with Gasteiger partial charge in [-0.3, -0.25) is 4.79 Å². The van der Waals surface area contributed by atoms with Gasteiger partial charge < -0.3 is 19.6 Å². The molecule has 0 aliphatic carbocycles. The fourth-order valence-corrected chi connectivity index (χ4v) is 4.13. The Bertz CT molecular complexity index is 1260. The van der Waals surface area contributed by atoms with E-state index in [9.17, 15) is 4.79 Å². The minimum atomic E-state index is -0.757. The number of rotatable bonds is 11. The van der Waals surface area contributed by atoms with Crippen LogP contribution in [-0.2, 0) is 11.2 Å². The van der Waals surface area contributed by atoms with Gasteiger partial charge in [0, 0.05) is 24.1 Å². The highest BCUT2D eigenvalue weighted by molar-refractivity contribution is 6.06. The Hall–Kier alpha value is -3.87. The standard InChI is InChI=1S/C27H29N3O4/c1-3-18-9-6-7-10-21(18)25-23(19-12-14-20(33-2)15-13-19)24-26(29-17-30-27(24)34-25)28-16-8-4-5-11-22(31)32/h6-7,9-10,12-15,17H,3-5,8,11,16H2,1-2H3,(H,31,32)(H,28,29,30). The van der Waals surface area contributed by atoms with Crippen molar-refractivity contribution in [2.24, 2.45) is 0 Å². The number of furan rings is 1. The molecule has 0 radical (unpaired) electrons. The second kappa shape index (κ2) is 10.8. The number of benzene rings is 2. The van der Waals surface area contributed by atoms with E-state index in [2.05, 4.69) is 34.3 Å². The molecule has 7 nitrogen and oxygen atoms in total. The van der Waals surface area contributed by atoms with Gasteiger partial charge in [0.15, 0.2) is 0 Å². The summed E-state index contributed by atoms with van der Waals surface area (Å²) >= 11 is 0. The fraction of sp³-hybridized carbons (Fsp3) is 0.296. The molecule has 0 fully saturated rings. The van der Waals surface area contributed by atoms with E-state index in [0.717, 1.165) is 52.8 Å². The predicted octanol–water partition coefficient (Wildman–Crippen LogP) is 6.18. The van der Waals surface area contributed by atoms with Crippen molar-refractivity contribution in [2.75, 3.05) is 19.0 Å². The molecule has 34 heavy (non-hydrogen) atoms. The van der Waals surface area contributed by atoms with Gasteiger partial charge in [-0.15, -0.1) is 0 Å². The largest absolute Gasteiger partial charge is 0.497 e. The molecule has 0 saturated heterocycles. The normalized spacial score (nSPS) is 11.0. The zero-order chi connectivity index (χ0) is 23.9. The van der Waals surface area contributed by atoms with Crippen LogP contribution in [0.4, 0.5) is 5.82 Å². The maximum atomic E-state index is 10.7. The maximum absolute atomic E-state index is 10.7. The van der Waals surface area contributed by atoms with Gasteiger partial charge in [0.05, 0.1) is 12.5 Å². The molecule has 0 saturated carbocycles. The number of anilines is 1. The molecule has 0 atom stereocenters. The molecule has 4 rings (SSSR count). The monoisotopic (exact) mass is 459 g/mol. The fourth-order valence-electron chi connectivity index (χ4n) is 4.13. The summed E-state index contributed by atoms with van der Waals surface area (Å²) in [6, 6.07) is 16.1. The van der Waals surface area contributed by atoms with Crippen molar-refractivity contribution in [3.05, 3.63) is 60.4 Å². The van der Waals surface area contributed by atoms with E-state index in [1.165, 1.54) is 11.9 Å². The Morgan fingerprint density at radius 3 is 2.59 bits per heavy atom. The molecule has 2 aromatic carbocycles. The number of carboxylic acid groups (broad SMARTS) is 1. The third-order valence-corrected chi connectivity index (χ3v) is 5.87. The lowest BCUT2D eigenvalue weighted by molar-refractivity contribution is -0.137. The second-order valence-corrected chi connectivity index (χ2v) is 8.08. The van der Waals surface area contributed by atoms with Gasteiger partial charge in [0.25, 0.3) is 0 Å². The number of hydrogen-bond acceptors (Lipinski definition) is 6. The molecular formula is C27H29N3O4. The summed E-state index contributed by atoms with van der Waals surface area (Å²) in [6.45, 7) is 2.81. The molecule has 0 bridgehead atoms. The number of unbranched alkanes of at least 4 members (excludes halogenated alkanes) is 2. The average molecular weight is 460 g/mol. The van der Waals surface area contributed by atoms with E-state index in [-0.39, 0.29) is 6.42 Å². The number of nitrogens with zero attached hydrogens (tertiary/aromatic N) is 2. The lowest BCUT2D eigenvalue weighted by Gasteiger charge is -2.10. The summed E-state index contributed by atoms with van der Waals surface area (Å²) in [5.74, 6) is 1.50. The van der Waals surface area contributed by atoms with Crippen LogP contribution >= 0.6 is 0 Å². The number of methoxy groups -OCH3 is 1. The number of carboxylic acids is 1. The molecule has 2 N–H and O–H groups in total. The molecule has 0 spiro atoms. The summed E-state index contributed by atoms with van der Waals surface area (Å²) in [7, 11) is 1.65. The van der Waals surface area contributed by atoms with Gasteiger partial charge in [-0.25, -0.2) is 9.97 Å². The van der Waals surface area contributed by atoms with Crippen molar-refractivity contribution in [1.82, 2.24) is 9.97 Å². The van der Waals surface area contributed by atoms with Crippen LogP contribution in [0.5, 0.6) is 5.75 Å². The first-order chi connectivity index (χ1) is 16.6. The number of hydrogen-bond donors (Lipinski definition) is 2. The first-order valence-corrected chi connectivity index (χ1v) is 11.6. The Morgan fingerprint density at radius 1 is 1.06 bits per heavy atom. The van der Waals surface area contributed by atoms with Crippen molar-refractivity contribution in [1.29, 1.82) is 0 Å². The molecular weight excluding hydrogens is 430 g/mol. The molecule has 0 aliphatic heterocycles. The van der Waals surface area contributed by atoms with Gasteiger partial charge in [0.2, 0.25) is 5.71 Å². The van der Waals surface area contributed by atoms with Crippen molar-refractivity contribution in [3.63, 3.8) is 0 Å². The number of nitrogens with one attached hydrogen (secondary N) is 1. The molecule has 0 amide bonds. The number of carbonyl (C=O) groups is 1. The van der Waals surface area contributed by atoms with Gasteiger partial charge in [-0.2, -0.15) is 0 Å². The van der Waals surface area contributed by atoms with Crippen LogP contribution in [0.25, 0.3) is 33.6 Å².